The Morgan fingerprint density at radius 1 is 1.17 bits per heavy atom. The number of pyridine rings is 1. The van der Waals surface area contributed by atoms with Crippen molar-refractivity contribution in [3.8, 4) is 5.75 Å². The normalized spacial score (nSPS) is 10.6. The summed E-state index contributed by atoms with van der Waals surface area (Å²) in [7, 11) is 1.58. The highest BCUT2D eigenvalue weighted by Gasteiger charge is 2.09. The summed E-state index contributed by atoms with van der Waals surface area (Å²) in [5, 5.41) is 3.78. The number of nitrogens with one attached hydrogen (secondary N) is 2. The lowest BCUT2D eigenvalue weighted by Gasteiger charge is -2.09. The Kier molecular flexibility index (Phi) is 4.33. The van der Waals surface area contributed by atoms with Crippen molar-refractivity contribution in [3.05, 3.63) is 70.0 Å². The molecule has 2 aromatic carbocycles. The van der Waals surface area contributed by atoms with E-state index in [1.54, 1.807) is 20.1 Å². The molecule has 0 saturated heterocycles. The van der Waals surface area contributed by atoms with Crippen LogP contribution in [0.25, 0.3) is 10.9 Å². The maximum Gasteiger partial charge on any atom is 0.251 e. The van der Waals surface area contributed by atoms with E-state index >= 15 is 0 Å². The van der Waals surface area contributed by atoms with Gasteiger partial charge in [0.05, 0.1) is 19.0 Å². The van der Waals surface area contributed by atoms with Crippen molar-refractivity contribution in [2.75, 3.05) is 12.4 Å². The lowest BCUT2D eigenvalue weighted by Crippen LogP contribution is -2.15. The van der Waals surface area contributed by atoms with Crippen LogP contribution in [0.15, 0.2) is 53.3 Å². The zero-order chi connectivity index (χ0) is 17.1. The van der Waals surface area contributed by atoms with Crippen LogP contribution in [-0.4, -0.2) is 18.0 Å². The fourth-order valence-electron chi connectivity index (χ4n) is 2.62. The van der Waals surface area contributed by atoms with Crippen LogP contribution in [0, 0.1) is 6.92 Å². The quantitative estimate of drug-likeness (QED) is 0.775. The van der Waals surface area contributed by atoms with Gasteiger partial charge < -0.3 is 15.0 Å². The molecule has 1 heterocycles. The van der Waals surface area contributed by atoms with E-state index in [1.165, 1.54) is 0 Å². The summed E-state index contributed by atoms with van der Waals surface area (Å²) in [6, 6.07) is 14.7. The van der Waals surface area contributed by atoms with Gasteiger partial charge in [0.1, 0.15) is 5.75 Å². The highest BCUT2D eigenvalue weighted by atomic mass is 16.5. The van der Waals surface area contributed by atoms with Crippen molar-refractivity contribution in [2.24, 2.45) is 0 Å². The predicted octanol–water partition coefficient (Wildman–Crippen LogP) is 3.03. The van der Waals surface area contributed by atoms with Crippen molar-refractivity contribution >= 4 is 22.5 Å². The van der Waals surface area contributed by atoms with Gasteiger partial charge in [-0.3, -0.25) is 9.59 Å². The molecular formula is C19H18N2O3. The number of hydrogen-bond donors (Lipinski definition) is 2. The van der Waals surface area contributed by atoms with E-state index in [2.05, 4.69) is 10.3 Å². The molecule has 0 fully saturated rings. The summed E-state index contributed by atoms with van der Waals surface area (Å²) < 4.78 is 5.26. The molecule has 3 aromatic rings. The summed E-state index contributed by atoms with van der Waals surface area (Å²) in [4.78, 5) is 26.8. The molecule has 0 saturated carbocycles. The Balaban J connectivity index is 1.80. The third-order valence-electron chi connectivity index (χ3n) is 3.86. The highest BCUT2D eigenvalue weighted by molar-refractivity contribution is 5.95. The number of ether oxygens (including phenoxy) is 1. The van der Waals surface area contributed by atoms with Crippen molar-refractivity contribution in [2.45, 2.75) is 13.3 Å². The number of benzene rings is 2. The van der Waals surface area contributed by atoms with Gasteiger partial charge in [-0.05, 0) is 36.6 Å². The van der Waals surface area contributed by atoms with E-state index in [9.17, 15) is 9.59 Å². The van der Waals surface area contributed by atoms with Gasteiger partial charge in [0.15, 0.2) is 0 Å². The van der Waals surface area contributed by atoms with Gasteiger partial charge in [0, 0.05) is 16.8 Å². The lowest BCUT2D eigenvalue weighted by atomic mass is 10.1. The molecule has 0 aliphatic carbocycles. The first-order valence-electron chi connectivity index (χ1n) is 7.62. The van der Waals surface area contributed by atoms with E-state index in [1.807, 2.05) is 42.5 Å². The third-order valence-corrected chi connectivity index (χ3v) is 3.86. The minimum Gasteiger partial charge on any atom is -0.496 e. The molecule has 0 bridgehead atoms. The first-order valence-corrected chi connectivity index (χ1v) is 7.62. The summed E-state index contributed by atoms with van der Waals surface area (Å²) in [6.45, 7) is 1.77. The average molecular weight is 322 g/mol. The Bertz CT molecular complexity index is 960. The lowest BCUT2D eigenvalue weighted by molar-refractivity contribution is -0.115. The van der Waals surface area contributed by atoms with Crippen LogP contribution >= 0.6 is 0 Å². The van der Waals surface area contributed by atoms with Crippen LogP contribution in [0.4, 0.5) is 5.69 Å². The van der Waals surface area contributed by atoms with Crippen LogP contribution in [0.2, 0.25) is 0 Å². The molecule has 0 radical (unpaired) electrons. The molecule has 3 rings (SSSR count). The number of fused-ring (bicyclic) bond motifs is 1. The number of aryl methyl sites for hydroxylation is 1. The first-order chi connectivity index (χ1) is 11.6. The maximum atomic E-state index is 12.3. The van der Waals surface area contributed by atoms with Gasteiger partial charge in [0.2, 0.25) is 5.91 Å². The Labute approximate surface area is 139 Å². The number of anilines is 1. The zero-order valence-electron chi connectivity index (χ0n) is 13.6. The number of carbonyl (C=O) groups excluding carboxylic acids is 1. The highest BCUT2D eigenvalue weighted by Crippen LogP contribution is 2.20. The number of methoxy groups -OCH3 is 1. The summed E-state index contributed by atoms with van der Waals surface area (Å²) in [5.41, 5.74) is 2.69. The number of H-pyrrole nitrogens is 1. The zero-order valence-corrected chi connectivity index (χ0v) is 13.6. The number of hydrogen-bond acceptors (Lipinski definition) is 3. The van der Waals surface area contributed by atoms with Crippen molar-refractivity contribution in [3.63, 3.8) is 0 Å². The Morgan fingerprint density at radius 2 is 1.96 bits per heavy atom. The number of amides is 1. The maximum absolute atomic E-state index is 12.3. The molecule has 1 aromatic heterocycles. The predicted molar refractivity (Wildman–Crippen MR) is 94.6 cm³/mol. The van der Waals surface area contributed by atoms with E-state index in [0.29, 0.717) is 22.5 Å². The first kappa shape index (κ1) is 15.8. The van der Waals surface area contributed by atoms with E-state index in [-0.39, 0.29) is 17.9 Å². The third kappa shape index (κ3) is 3.30. The van der Waals surface area contributed by atoms with Crippen molar-refractivity contribution in [1.29, 1.82) is 0 Å². The number of aromatic nitrogens is 1. The van der Waals surface area contributed by atoms with Gasteiger partial charge in [-0.1, -0.05) is 24.3 Å². The van der Waals surface area contributed by atoms with Crippen LogP contribution in [0.3, 0.4) is 0 Å². The van der Waals surface area contributed by atoms with E-state index in [4.69, 9.17) is 4.74 Å². The van der Waals surface area contributed by atoms with Crippen LogP contribution in [0.5, 0.6) is 5.75 Å². The molecule has 0 atom stereocenters. The number of aromatic amines is 1. The second-order valence-corrected chi connectivity index (χ2v) is 5.62. The average Bonchev–Trinajstić information content (AvgIpc) is 2.56. The minimum atomic E-state index is -0.145. The number of carbonyl (C=O) groups is 1. The molecule has 1 amide bonds. The van der Waals surface area contributed by atoms with Gasteiger partial charge in [-0.2, -0.15) is 0 Å². The van der Waals surface area contributed by atoms with Crippen molar-refractivity contribution < 1.29 is 9.53 Å². The van der Waals surface area contributed by atoms with Gasteiger partial charge >= 0.3 is 0 Å². The summed E-state index contributed by atoms with van der Waals surface area (Å²) in [5.74, 6) is 0.541. The summed E-state index contributed by atoms with van der Waals surface area (Å²) >= 11 is 0. The van der Waals surface area contributed by atoms with Crippen molar-refractivity contribution in [1.82, 2.24) is 4.98 Å². The number of rotatable bonds is 4. The smallest absolute Gasteiger partial charge is 0.251 e. The molecule has 0 spiro atoms. The van der Waals surface area contributed by atoms with Gasteiger partial charge in [0.25, 0.3) is 5.56 Å². The fraction of sp³-hybridized carbons (Fsp3) is 0.158. The van der Waals surface area contributed by atoms with Crippen LogP contribution in [0.1, 0.15) is 11.1 Å². The fourth-order valence-corrected chi connectivity index (χ4v) is 2.62. The molecule has 5 heteroatoms. The van der Waals surface area contributed by atoms with Crippen LogP contribution < -0.4 is 15.6 Å². The molecule has 24 heavy (non-hydrogen) atoms. The minimum absolute atomic E-state index is 0.125. The second kappa shape index (κ2) is 6.58. The topological polar surface area (TPSA) is 71.2 Å². The second-order valence-electron chi connectivity index (χ2n) is 5.62. The Hall–Kier alpha value is -3.08. The number of para-hydroxylation sites is 1. The molecule has 0 aliphatic heterocycles. The molecule has 122 valence electrons. The molecule has 5 nitrogen and oxygen atoms in total. The monoisotopic (exact) mass is 322 g/mol. The molecule has 0 aliphatic rings. The standard InChI is InChI=1S/C19H18N2O3/c1-12-9-13-7-8-15(11-16(13)21-19(12)23)20-18(22)10-14-5-3-4-6-17(14)24-2/h3-9,11H,10H2,1-2H3,(H,20,22)(H,21,23). The molecule has 0 unspecified atom stereocenters. The van der Waals surface area contributed by atoms with Crippen LogP contribution in [-0.2, 0) is 11.2 Å². The van der Waals surface area contributed by atoms with E-state index in [0.717, 1.165) is 10.9 Å². The Morgan fingerprint density at radius 3 is 2.75 bits per heavy atom. The van der Waals surface area contributed by atoms with Gasteiger partial charge in [-0.15, -0.1) is 0 Å². The SMILES string of the molecule is COc1ccccc1CC(=O)Nc1ccc2cc(C)c(=O)[nH]c2c1. The largest absolute Gasteiger partial charge is 0.496 e. The molecular weight excluding hydrogens is 304 g/mol. The van der Waals surface area contributed by atoms with E-state index < -0.39 is 0 Å². The molecule has 2 N–H and O–H groups in total. The van der Waals surface area contributed by atoms with Gasteiger partial charge in [-0.25, -0.2) is 0 Å². The summed E-state index contributed by atoms with van der Waals surface area (Å²) in [6.07, 6.45) is 0.215.